The summed E-state index contributed by atoms with van der Waals surface area (Å²) < 4.78 is 5.52. The number of hydrogen-bond acceptors (Lipinski definition) is 3. The van der Waals surface area contributed by atoms with E-state index in [9.17, 15) is 5.11 Å². The molecule has 3 rings (SSSR count). The lowest BCUT2D eigenvalue weighted by molar-refractivity contribution is 0.123. The summed E-state index contributed by atoms with van der Waals surface area (Å²) in [6.45, 7) is 1.27. The van der Waals surface area contributed by atoms with Crippen LogP contribution < -0.4 is 5.32 Å². The van der Waals surface area contributed by atoms with Crippen molar-refractivity contribution in [2.75, 3.05) is 13.2 Å². The van der Waals surface area contributed by atoms with Crippen LogP contribution in [0.25, 0.3) is 0 Å². The second-order valence-electron chi connectivity index (χ2n) is 5.99. The van der Waals surface area contributed by atoms with Crippen LogP contribution in [0.2, 0.25) is 0 Å². The van der Waals surface area contributed by atoms with Gasteiger partial charge >= 0.3 is 0 Å². The van der Waals surface area contributed by atoms with Crippen LogP contribution in [0.4, 0.5) is 0 Å². The van der Waals surface area contributed by atoms with E-state index >= 15 is 0 Å². The highest BCUT2D eigenvalue weighted by Crippen LogP contribution is 2.38. The number of aliphatic hydroxyl groups excluding tert-OH is 1. The van der Waals surface area contributed by atoms with Gasteiger partial charge in [-0.3, -0.25) is 0 Å². The Balaban J connectivity index is 1.64. The molecule has 1 fully saturated rings. The van der Waals surface area contributed by atoms with E-state index in [1.807, 2.05) is 6.26 Å². The van der Waals surface area contributed by atoms with Gasteiger partial charge in [-0.1, -0.05) is 12.8 Å². The summed E-state index contributed by atoms with van der Waals surface area (Å²) in [5, 5.41) is 13.3. The molecule has 0 saturated heterocycles. The van der Waals surface area contributed by atoms with Crippen molar-refractivity contribution in [2.45, 2.75) is 51.0 Å². The van der Waals surface area contributed by atoms with Gasteiger partial charge in [-0.25, -0.2) is 0 Å². The van der Waals surface area contributed by atoms with Gasteiger partial charge < -0.3 is 14.8 Å². The smallest absolute Gasteiger partial charge is 0.108 e. The van der Waals surface area contributed by atoms with Gasteiger partial charge in [0.1, 0.15) is 5.76 Å². The number of furan rings is 1. The van der Waals surface area contributed by atoms with Crippen LogP contribution in [0.3, 0.4) is 0 Å². The number of aliphatic hydroxyl groups is 1. The topological polar surface area (TPSA) is 45.4 Å². The van der Waals surface area contributed by atoms with Crippen molar-refractivity contribution in [2.24, 2.45) is 5.41 Å². The third-order valence-corrected chi connectivity index (χ3v) is 4.78. The van der Waals surface area contributed by atoms with E-state index in [0.717, 1.165) is 18.7 Å². The Kier molecular flexibility index (Phi) is 3.44. The molecule has 2 aliphatic carbocycles. The Morgan fingerprint density at radius 1 is 1.33 bits per heavy atom. The largest absolute Gasteiger partial charge is 0.469 e. The summed E-state index contributed by atoms with van der Waals surface area (Å²) in [5.74, 6) is 1.16. The molecule has 1 aromatic heterocycles. The molecule has 1 heterocycles. The molecule has 3 heteroatoms. The summed E-state index contributed by atoms with van der Waals surface area (Å²) in [6.07, 6.45) is 10.1. The van der Waals surface area contributed by atoms with Gasteiger partial charge in [-0.15, -0.1) is 0 Å². The highest BCUT2D eigenvalue weighted by atomic mass is 16.3. The van der Waals surface area contributed by atoms with Crippen molar-refractivity contribution in [3.8, 4) is 0 Å². The van der Waals surface area contributed by atoms with E-state index in [4.69, 9.17) is 4.42 Å². The molecule has 1 atom stereocenters. The lowest BCUT2D eigenvalue weighted by atomic mass is 9.85. The average molecular weight is 249 g/mol. The third kappa shape index (κ3) is 2.21. The second kappa shape index (κ2) is 5.06. The van der Waals surface area contributed by atoms with Gasteiger partial charge in [-0.2, -0.15) is 0 Å². The fourth-order valence-electron chi connectivity index (χ4n) is 3.55. The van der Waals surface area contributed by atoms with Crippen LogP contribution in [-0.2, 0) is 6.42 Å². The maximum atomic E-state index is 9.64. The zero-order chi connectivity index (χ0) is 12.4. The molecule has 0 aliphatic heterocycles. The van der Waals surface area contributed by atoms with E-state index in [1.54, 1.807) is 0 Å². The minimum atomic E-state index is 0.140. The molecular weight excluding hydrogens is 226 g/mol. The minimum absolute atomic E-state index is 0.140. The SMILES string of the molecule is OCC1(CNC2CCCc3occc32)CCCC1. The number of aryl methyl sites for hydroxylation is 1. The average Bonchev–Trinajstić information content (AvgIpc) is 3.06. The maximum absolute atomic E-state index is 9.64. The van der Waals surface area contributed by atoms with Crippen molar-refractivity contribution < 1.29 is 9.52 Å². The normalized spacial score (nSPS) is 26.2. The molecule has 18 heavy (non-hydrogen) atoms. The fourth-order valence-corrected chi connectivity index (χ4v) is 3.55. The third-order valence-electron chi connectivity index (χ3n) is 4.78. The Morgan fingerprint density at radius 2 is 2.17 bits per heavy atom. The molecule has 0 amide bonds. The lowest BCUT2D eigenvalue weighted by Gasteiger charge is -2.31. The number of hydrogen-bond donors (Lipinski definition) is 2. The van der Waals surface area contributed by atoms with E-state index in [-0.39, 0.29) is 5.41 Å². The molecular formula is C15H23NO2. The van der Waals surface area contributed by atoms with Gasteiger partial charge in [0.25, 0.3) is 0 Å². The molecule has 1 aromatic rings. The standard InChI is InChI=1S/C15H23NO2/c17-11-15(7-1-2-8-15)10-16-13-4-3-5-14-12(13)6-9-18-14/h6,9,13,16-17H,1-5,7-8,10-11H2. The van der Waals surface area contributed by atoms with Crippen LogP contribution in [-0.4, -0.2) is 18.3 Å². The zero-order valence-corrected chi connectivity index (χ0v) is 11.0. The molecule has 2 aliphatic rings. The molecule has 2 N–H and O–H groups in total. The summed E-state index contributed by atoms with van der Waals surface area (Å²) in [7, 11) is 0. The van der Waals surface area contributed by atoms with E-state index in [2.05, 4.69) is 11.4 Å². The predicted molar refractivity (Wildman–Crippen MR) is 70.4 cm³/mol. The van der Waals surface area contributed by atoms with Gasteiger partial charge in [0, 0.05) is 36.6 Å². The highest BCUT2D eigenvalue weighted by molar-refractivity contribution is 5.24. The van der Waals surface area contributed by atoms with Crippen LogP contribution in [0, 0.1) is 5.41 Å². The van der Waals surface area contributed by atoms with Crippen LogP contribution >= 0.6 is 0 Å². The van der Waals surface area contributed by atoms with Crippen molar-refractivity contribution in [3.63, 3.8) is 0 Å². The molecule has 0 aromatic carbocycles. The van der Waals surface area contributed by atoms with Crippen molar-refractivity contribution in [1.29, 1.82) is 0 Å². The first kappa shape index (κ1) is 12.2. The Morgan fingerprint density at radius 3 is 2.94 bits per heavy atom. The van der Waals surface area contributed by atoms with Crippen LogP contribution in [0.5, 0.6) is 0 Å². The molecule has 100 valence electrons. The van der Waals surface area contributed by atoms with E-state index < -0.39 is 0 Å². The molecule has 0 radical (unpaired) electrons. The van der Waals surface area contributed by atoms with Gasteiger partial charge in [0.15, 0.2) is 0 Å². The molecule has 3 nitrogen and oxygen atoms in total. The Hall–Kier alpha value is -0.800. The van der Waals surface area contributed by atoms with Crippen LogP contribution in [0.15, 0.2) is 16.7 Å². The van der Waals surface area contributed by atoms with Gasteiger partial charge in [-0.05, 0) is 31.7 Å². The molecule has 0 bridgehead atoms. The minimum Gasteiger partial charge on any atom is -0.469 e. The summed E-state index contributed by atoms with van der Waals surface area (Å²) in [5.41, 5.74) is 1.48. The zero-order valence-electron chi connectivity index (χ0n) is 11.0. The predicted octanol–water partition coefficient (Wildman–Crippen LogP) is 2.80. The van der Waals surface area contributed by atoms with Crippen molar-refractivity contribution in [1.82, 2.24) is 5.32 Å². The lowest BCUT2D eigenvalue weighted by Crippen LogP contribution is -2.37. The molecule has 1 saturated carbocycles. The monoisotopic (exact) mass is 249 g/mol. The quantitative estimate of drug-likeness (QED) is 0.862. The first-order valence-electron chi connectivity index (χ1n) is 7.23. The Bertz CT molecular complexity index is 393. The number of nitrogens with one attached hydrogen (secondary N) is 1. The number of fused-ring (bicyclic) bond motifs is 1. The Labute approximate surface area is 109 Å². The first-order chi connectivity index (χ1) is 8.83. The highest BCUT2D eigenvalue weighted by Gasteiger charge is 2.34. The first-order valence-corrected chi connectivity index (χ1v) is 7.23. The van der Waals surface area contributed by atoms with E-state index in [1.165, 1.54) is 44.1 Å². The number of rotatable bonds is 4. The van der Waals surface area contributed by atoms with E-state index in [0.29, 0.717) is 12.6 Å². The summed E-state index contributed by atoms with van der Waals surface area (Å²) in [6, 6.07) is 2.53. The van der Waals surface area contributed by atoms with Gasteiger partial charge in [0.2, 0.25) is 0 Å². The van der Waals surface area contributed by atoms with Crippen molar-refractivity contribution >= 4 is 0 Å². The maximum Gasteiger partial charge on any atom is 0.108 e. The second-order valence-corrected chi connectivity index (χ2v) is 5.99. The van der Waals surface area contributed by atoms with Crippen LogP contribution in [0.1, 0.15) is 55.9 Å². The molecule has 1 unspecified atom stereocenters. The molecule has 0 spiro atoms. The summed E-state index contributed by atoms with van der Waals surface area (Å²) in [4.78, 5) is 0. The van der Waals surface area contributed by atoms with Gasteiger partial charge in [0.05, 0.1) is 6.26 Å². The van der Waals surface area contributed by atoms with Crippen molar-refractivity contribution in [3.05, 3.63) is 23.7 Å². The summed E-state index contributed by atoms with van der Waals surface area (Å²) >= 11 is 0. The fraction of sp³-hybridized carbons (Fsp3) is 0.733.